The second-order valence-corrected chi connectivity index (χ2v) is 4.65. The Labute approximate surface area is 107 Å². The molecule has 0 aliphatic rings. The zero-order chi connectivity index (χ0) is 12.5. The molecule has 0 atom stereocenters. The fraction of sp³-hybridized carbons (Fsp3) is 0.118. The van der Waals surface area contributed by atoms with Crippen molar-refractivity contribution in [2.45, 2.75) is 6.92 Å². The molecular weight excluding hydrogens is 218 g/mol. The summed E-state index contributed by atoms with van der Waals surface area (Å²) in [6, 6.07) is 21.4. The van der Waals surface area contributed by atoms with E-state index in [1.807, 2.05) is 0 Å². The molecule has 1 heterocycles. The summed E-state index contributed by atoms with van der Waals surface area (Å²) >= 11 is 0. The number of hydrogen-bond acceptors (Lipinski definition) is 0. The third-order valence-corrected chi connectivity index (χ3v) is 3.50. The third kappa shape index (κ3) is 1.68. The smallest absolute Gasteiger partial charge is 0.194 e. The molecule has 0 spiro atoms. The second kappa shape index (κ2) is 4.26. The standard InChI is InChI=1S/C17H16N/c1-13-7-3-5-9-15(13)17-12-11-14-8-4-6-10-16(14)18(17)2/h3-12H,1-2H3/q+1. The van der Waals surface area contributed by atoms with Crippen LogP contribution in [0.2, 0.25) is 0 Å². The highest BCUT2D eigenvalue weighted by Gasteiger charge is 2.14. The van der Waals surface area contributed by atoms with Gasteiger partial charge in [0.05, 0.1) is 0 Å². The highest BCUT2D eigenvalue weighted by Crippen LogP contribution is 2.21. The maximum atomic E-state index is 2.26. The van der Waals surface area contributed by atoms with E-state index < -0.39 is 0 Å². The minimum absolute atomic E-state index is 1.26. The van der Waals surface area contributed by atoms with Gasteiger partial charge in [-0.15, -0.1) is 0 Å². The first-order chi connectivity index (χ1) is 8.77. The molecule has 0 N–H and O–H groups in total. The van der Waals surface area contributed by atoms with Crippen molar-refractivity contribution in [3.63, 3.8) is 0 Å². The van der Waals surface area contributed by atoms with Crippen LogP contribution in [0.25, 0.3) is 22.2 Å². The van der Waals surface area contributed by atoms with E-state index in [1.54, 1.807) is 0 Å². The van der Waals surface area contributed by atoms with E-state index in [-0.39, 0.29) is 0 Å². The molecule has 0 radical (unpaired) electrons. The van der Waals surface area contributed by atoms with E-state index in [0.29, 0.717) is 0 Å². The average molecular weight is 234 g/mol. The summed E-state index contributed by atoms with van der Waals surface area (Å²) in [6.45, 7) is 2.16. The lowest BCUT2D eigenvalue weighted by Crippen LogP contribution is -2.32. The molecule has 88 valence electrons. The van der Waals surface area contributed by atoms with Crippen LogP contribution >= 0.6 is 0 Å². The molecule has 0 aliphatic carbocycles. The number of benzene rings is 2. The van der Waals surface area contributed by atoms with Crippen LogP contribution in [0.5, 0.6) is 0 Å². The van der Waals surface area contributed by atoms with Gasteiger partial charge in [0.2, 0.25) is 11.2 Å². The molecule has 2 aromatic carbocycles. The molecule has 0 aliphatic heterocycles. The predicted molar refractivity (Wildman–Crippen MR) is 75.3 cm³/mol. The minimum Gasteiger partial charge on any atom is -0.194 e. The van der Waals surface area contributed by atoms with E-state index in [2.05, 4.69) is 79.2 Å². The lowest BCUT2D eigenvalue weighted by molar-refractivity contribution is -0.633. The van der Waals surface area contributed by atoms with Crippen molar-refractivity contribution in [2.75, 3.05) is 0 Å². The van der Waals surface area contributed by atoms with E-state index in [4.69, 9.17) is 0 Å². The van der Waals surface area contributed by atoms with Crippen LogP contribution in [-0.4, -0.2) is 0 Å². The van der Waals surface area contributed by atoms with Crippen LogP contribution in [0.15, 0.2) is 60.7 Å². The predicted octanol–water partition coefficient (Wildman–Crippen LogP) is 3.64. The average Bonchev–Trinajstić information content (AvgIpc) is 2.41. The van der Waals surface area contributed by atoms with Gasteiger partial charge in [-0.2, -0.15) is 4.57 Å². The van der Waals surface area contributed by atoms with E-state index in [9.17, 15) is 0 Å². The largest absolute Gasteiger partial charge is 0.213 e. The second-order valence-electron chi connectivity index (χ2n) is 4.65. The first-order valence-corrected chi connectivity index (χ1v) is 6.21. The topological polar surface area (TPSA) is 3.88 Å². The Bertz CT molecular complexity index is 714. The Morgan fingerprint density at radius 1 is 0.778 bits per heavy atom. The summed E-state index contributed by atoms with van der Waals surface area (Å²) in [5, 5.41) is 1.28. The Hall–Kier alpha value is -2.15. The normalized spacial score (nSPS) is 10.8. The molecule has 0 fully saturated rings. The first-order valence-electron chi connectivity index (χ1n) is 6.21. The van der Waals surface area contributed by atoms with Crippen LogP contribution in [0.4, 0.5) is 0 Å². The number of nitrogens with zero attached hydrogens (tertiary/aromatic N) is 1. The maximum Gasteiger partial charge on any atom is 0.213 e. The van der Waals surface area contributed by atoms with Gasteiger partial charge in [0.25, 0.3) is 0 Å². The summed E-state index contributed by atoms with van der Waals surface area (Å²) in [7, 11) is 2.13. The molecule has 18 heavy (non-hydrogen) atoms. The molecule has 0 bridgehead atoms. The highest BCUT2D eigenvalue weighted by atomic mass is 14.9. The first kappa shape index (κ1) is 11.0. The van der Waals surface area contributed by atoms with Gasteiger partial charge in [-0.25, -0.2) is 0 Å². The van der Waals surface area contributed by atoms with Gasteiger partial charge in [0, 0.05) is 23.1 Å². The van der Waals surface area contributed by atoms with Gasteiger partial charge in [-0.3, -0.25) is 0 Å². The number of hydrogen-bond donors (Lipinski definition) is 0. The van der Waals surface area contributed by atoms with Crippen molar-refractivity contribution in [3.05, 3.63) is 66.2 Å². The van der Waals surface area contributed by atoms with Gasteiger partial charge in [-0.1, -0.05) is 30.3 Å². The van der Waals surface area contributed by atoms with Crippen LogP contribution in [0, 0.1) is 6.92 Å². The van der Waals surface area contributed by atoms with Gasteiger partial charge in [-0.05, 0) is 30.7 Å². The Balaban J connectivity index is 2.31. The van der Waals surface area contributed by atoms with Crippen LogP contribution < -0.4 is 4.57 Å². The van der Waals surface area contributed by atoms with Crippen molar-refractivity contribution in [1.82, 2.24) is 0 Å². The number of fused-ring (bicyclic) bond motifs is 1. The number of aryl methyl sites for hydroxylation is 2. The lowest BCUT2D eigenvalue weighted by Gasteiger charge is -2.05. The summed E-state index contributed by atoms with van der Waals surface area (Å²) in [5.74, 6) is 0. The fourth-order valence-electron chi connectivity index (χ4n) is 2.47. The van der Waals surface area contributed by atoms with Crippen LogP contribution in [0.1, 0.15) is 5.56 Å². The van der Waals surface area contributed by atoms with E-state index in [0.717, 1.165) is 0 Å². The molecule has 0 amide bonds. The number of rotatable bonds is 1. The van der Waals surface area contributed by atoms with Crippen molar-refractivity contribution < 1.29 is 4.57 Å². The summed E-state index contributed by atoms with van der Waals surface area (Å²) in [5.41, 5.74) is 5.12. The maximum absolute atomic E-state index is 2.26. The molecule has 0 saturated heterocycles. The van der Waals surface area contributed by atoms with Gasteiger partial charge < -0.3 is 0 Å². The Morgan fingerprint density at radius 2 is 1.50 bits per heavy atom. The van der Waals surface area contributed by atoms with Crippen LogP contribution in [0.3, 0.4) is 0 Å². The summed E-state index contributed by atoms with van der Waals surface area (Å²) in [6.07, 6.45) is 0. The molecule has 3 rings (SSSR count). The minimum atomic E-state index is 1.26. The molecule has 1 nitrogen and oxygen atoms in total. The Kier molecular flexibility index (Phi) is 2.60. The van der Waals surface area contributed by atoms with Crippen molar-refractivity contribution in [3.8, 4) is 11.3 Å². The van der Waals surface area contributed by atoms with Crippen LogP contribution in [-0.2, 0) is 7.05 Å². The molecule has 0 saturated carbocycles. The van der Waals surface area contributed by atoms with E-state index >= 15 is 0 Å². The van der Waals surface area contributed by atoms with E-state index in [1.165, 1.54) is 27.7 Å². The van der Waals surface area contributed by atoms with Crippen molar-refractivity contribution in [1.29, 1.82) is 0 Å². The highest BCUT2D eigenvalue weighted by molar-refractivity contribution is 5.77. The molecule has 1 heteroatoms. The molecule has 0 unspecified atom stereocenters. The Morgan fingerprint density at radius 3 is 2.33 bits per heavy atom. The van der Waals surface area contributed by atoms with Crippen molar-refractivity contribution >= 4 is 10.9 Å². The van der Waals surface area contributed by atoms with Gasteiger partial charge in [0.15, 0.2) is 0 Å². The lowest BCUT2D eigenvalue weighted by atomic mass is 10.0. The van der Waals surface area contributed by atoms with Gasteiger partial charge >= 0.3 is 0 Å². The number of para-hydroxylation sites is 1. The number of pyridine rings is 1. The van der Waals surface area contributed by atoms with Crippen molar-refractivity contribution in [2.24, 2.45) is 7.05 Å². The monoisotopic (exact) mass is 234 g/mol. The zero-order valence-corrected chi connectivity index (χ0v) is 10.7. The SMILES string of the molecule is Cc1ccccc1-c1ccc2ccccc2[n+]1C. The van der Waals surface area contributed by atoms with Gasteiger partial charge in [0.1, 0.15) is 7.05 Å². The third-order valence-electron chi connectivity index (χ3n) is 3.50. The molecular formula is C17H16N+. The fourth-order valence-corrected chi connectivity index (χ4v) is 2.47. The number of aromatic nitrogens is 1. The quantitative estimate of drug-likeness (QED) is 0.566. The summed E-state index contributed by atoms with van der Waals surface area (Å²) < 4.78 is 2.26. The summed E-state index contributed by atoms with van der Waals surface area (Å²) in [4.78, 5) is 0. The zero-order valence-electron chi connectivity index (χ0n) is 10.7. The molecule has 3 aromatic rings. The molecule has 1 aromatic heterocycles.